The van der Waals surface area contributed by atoms with Gasteiger partial charge in [0.2, 0.25) is 5.95 Å². The van der Waals surface area contributed by atoms with E-state index in [0.29, 0.717) is 13.2 Å². The van der Waals surface area contributed by atoms with Crippen LogP contribution >= 0.6 is 0 Å². The highest BCUT2D eigenvalue weighted by Gasteiger charge is 2.40. The first kappa shape index (κ1) is 16.5. The van der Waals surface area contributed by atoms with E-state index in [0.717, 1.165) is 38.5 Å². The minimum absolute atomic E-state index is 0.0107. The lowest BCUT2D eigenvalue weighted by Gasteiger charge is -2.40. The smallest absolute Gasteiger partial charge is 0.246 e. The lowest BCUT2D eigenvalue weighted by Crippen LogP contribution is -2.51. The first-order chi connectivity index (χ1) is 12.3. The summed E-state index contributed by atoms with van der Waals surface area (Å²) < 4.78 is 13.2. The quantitative estimate of drug-likeness (QED) is 0.827. The van der Waals surface area contributed by atoms with Crippen molar-refractivity contribution < 1.29 is 9.47 Å². The predicted octanol–water partition coefficient (Wildman–Crippen LogP) is 2.02. The summed E-state index contributed by atoms with van der Waals surface area (Å²) in [6, 6.07) is 8.39. The Bertz CT molecular complexity index is 694. The lowest BCUT2D eigenvalue weighted by molar-refractivity contribution is -0.0507. The minimum Gasteiger partial charge on any atom is -0.380 e. The molecule has 0 unspecified atom stereocenters. The minimum atomic E-state index is 0.0107. The monoisotopic (exact) mass is 343 g/mol. The fourth-order valence-electron chi connectivity index (χ4n) is 3.95. The second-order valence-electron chi connectivity index (χ2n) is 7.05. The molecular weight excluding hydrogens is 318 g/mol. The average molecular weight is 343 g/mol. The maximum Gasteiger partial charge on any atom is 0.246 e. The van der Waals surface area contributed by atoms with E-state index < -0.39 is 0 Å². The molecule has 2 fully saturated rings. The third-order valence-corrected chi connectivity index (χ3v) is 5.23. The molecule has 2 aliphatic rings. The van der Waals surface area contributed by atoms with E-state index in [-0.39, 0.29) is 5.60 Å². The number of anilines is 1. The molecule has 7 nitrogen and oxygen atoms in total. The van der Waals surface area contributed by atoms with E-state index in [1.54, 1.807) is 7.11 Å². The van der Waals surface area contributed by atoms with E-state index in [4.69, 9.17) is 9.47 Å². The van der Waals surface area contributed by atoms with E-state index in [1.807, 2.05) is 4.68 Å². The zero-order valence-corrected chi connectivity index (χ0v) is 14.7. The number of nitrogens with zero attached hydrogens (tertiary/aromatic N) is 5. The third kappa shape index (κ3) is 3.52. The molecule has 1 spiro atoms. The molecule has 1 saturated heterocycles. The Morgan fingerprint density at radius 2 is 1.92 bits per heavy atom. The summed E-state index contributed by atoms with van der Waals surface area (Å²) in [5, 5.41) is 12.4. The third-order valence-electron chi connectivity index (χ3n) is 5.23. The van der Waals surface area contributed by atoms with Crippen LogP contribution in [0, 0.1) is 0 Å². The van der Waals surface area contributed by atoms with Gasteiger partial charge in [-0.2, -0.15) is 0 Å². The number of aromatic nitrogens is 4. The summed E-state index contributed by atoms with van der Waals surface area (Å²) in [5.74, 6) is 0.843. The molecule has 0 N–H and O–H groups in total. The van der Waals surface area contributed by atoms with Gasteiger partial charge in [0.1, 0.15) is 0 Å². The van der Waals surface area contributed by atoms with Crippen molar-refractivity contribution in [3.05, 3.63) is 35.4 Å². The summed E-state index contributed by atoms with van der Waals surface area (Å²) >= 11 is 0. The van der Waals surface area contributed by atoms with Crippen molar-refractivity contribution in [3.8, 4) is 0 Å². The number of benzene rings is 1. The second kappa shape index (κ2) is 7.09. The van der Waals surface area contributed by atoms with Gasteiger partial charge in [0, 0.05) is 20.2 Å². The summed E-state index contributed by atoms with van der Waals surface area (Å²) in [6.45, 7) is 3.78. The molecule has 0 radical (unpaired) electrons. The molecule has 0 atom stereocenters. The van der Waals surface area contributed by atoms with Crippen LogP contribution in [0.4, 0.5) is 5.95 Å². The Labute approximate surface area is 147 Å². The molecule has 25 heavy (non-hydrogen) atoms. The van der Waals surface area contributed by atoms with E-state index in [2.05, 4.69) is 44.7 Å². The van der Waals surface area contributed by atoms with Crippen molar-refractivity contribution >= 4 is 5.95 Å². The predicted molar refractivity (Wildman–Crippen MR) is 93.4 cm³/mol. The van der Waals surface area contributed by atoms with Crippen LogP contribution in [-0.2, 0) is 22.6 Å². The molecule has 1 aromatic heterocycles. The van der Waals surface area contributed by atoms with Gasteiger partial charge in [-0.15, -0.1) is 0 Å². The zero-order valence-electron chi connectivity index (χ0n) is 14.7. The highest BCUT2D eigenvalue weighted by Crippen LogP contribution is 2.36. The standard InChI is InChI=1S/C18H25N5O2/c1-24-13-16-6-4-15(5-7-16)12-23-17(19-20-21-23)22-10-11-25-18(14-22)8-2-3-9-18/h4-7H,2-3,8-14H2,1H3. The lowest BCUT2D eigenvalue weighted by atomic mass is 10.00. The van der Waals surface area contributed by atoms with Gasteiger partial charge < -0.3 is 14.4 Å². The first-order valence-electron chi connectivity index (χ1n) is 9.00. The molecule has 1 aliphatic carbocycles. The van der Waals surface area contributed by atoms with Crippen molar-refractivity contribution in [2.75, 3.05) is 31.7 Å². The van der Waals surface area contributed by atoms with Crippen LogP contribution in [0.15, 0.2) is 24.3 Å². The van der Waals surface area contributed by atoms with Gasteiger partial charge in [0.15, 0.2) is 0 Å². The fourth-order valence-corrected chi connectivity index (χ4v) is 3.95. The Balaban J connectivity index is 1.48. The van der Waals surface area contributed by atoms with Gasteiger partial charge in [-0.25, -0.2) is 4.68 Å². The normalized spacial score (nSPS) is 19.6. The number of morpholine rings is 1. The van der Waals surface area contributed by atoms with Gasteiger partial charge in [-0.3, -0.25) is 0 Å². The van der Waals surface area contributed by atoms with Gasteiger partial charge in [-0.05, 0) is 34.4 Å². The molecule has 7 heteroatoms. The summed E-state index contributed by atoms with van der Waals surface area (Å²) in [5.41, 5.74) is 2.35. The second-order valence-corrected chi connectivity index (χ2v) is 7.05. The van der Waals surface area contributed by atoms with Crippen molar-refractivity contribution in [1.29, 1.82) is 0 Å². The van der Waals surface area contributed by atoms with E-state index in [9.17, 15) is 0 Å². The van der Waals surface area contributed by atoms with Gasteiger partial charge >= 0.3 is 0 Å². The zero-order chi connectivity index (χ0) is 17.1. The van der Waals surface area contributed by atoms with Crippen molar-refractivity contribution in [2.45, 2.75) is 44.4 Å². The Kier molecular flexibility index (Phi) is 4.67. The maximum absolute atomic E-state index is 6.12. The van der Waals surface area contributed by atoms with Crippen LogP contribution in [-0.4, -0.2) is 52.6 Å². The summed E-state index contributed by atoms with van der Waals surface area (Å²) in [6.07, 6.45) is 4.80. The molecule has 1 aliphatic heterocycles. The highest BCUT2D eigenvalue weighted by atomic mass is 16.5. The van der Waals surface area contributed by atoms with Crippen LogP contribution in [0.2, 0.25) is 0 Å². The number of hydrogen-bond donors (Lipinski definition) is 0. The topological polar surface area (TPSA) is 65.3 Å². The van der Waals surface area contributed by atoms with Crippen LogP contribution < -0.4 is 4.90 Å². The van der Waals surface area contributed by atoms with E-state index >= 15 is 0 Å². The van der Waals surface area contributed by atoms with Crippen molar-refractivity contribution in [2.24, 2.45) is 0 Å². The maximum atomic E-state index is 6.12. The summed E-state index contributed by atoms with van der Waals surface area (Å²) in [7, 11) is 1.71. The van der Waals surface area contributed by atoms with Crippen molar-refractivity contribution in [3.63, 3.8) is 0 Å². The molecule has 0 bridgehead atoms. The average Bonchev–Trinajstić information content (AvgIpc) is 3.27. The molecular formula is C18H25N5O2. The van der Waals surface area contributed by atoms with Gasteiger partial charge in [0.05, 0.1) is 25.4 Å². The highest BCUT2D eigenvalue weighted by molar-refractivity contribution is 5.32. The molecule has 2 heterocycles. The molecule has 0 amide bonds. The van der Waals surface area contributed by atoms with Gasteiger partial charge in [-0.1, -0.05) is 42.2 Å². The number of tetrazole rings is 1. The number of hydrogen-bond acceptors (Lipinski definition) is 6. The molecule has 1 saturated carbocycles. The summed E-state index contributed by atoms with van der Waals surface area (Å²) in [4.78, 5) is 2.29. The largest absolute Gasteiger partial charge is 0.380 e. The Morgan fingerprint density at radius 1 is 1.16 bits per heavy atom. The molecule has 134 valence electrons. The number of rotatable bonds is 5. The van der Waals surface area contributed by atoms with Crippen LogP contribution in [0.1, 0.15) is 36.8 Å². The first-order valence-corrected chi connectivity index (χ1v) is 9.00. The van der Waals surface area contributed by atoms with Gasteiger partial charge in [0.25, 0.3) is 0 Å². The fraction of sp³-hybridized carbons (Fsp3) is 0.611. The molecule has 2 aromatic rings. The Morgan fingerprint density at radius 3 is 2.68 bits per heavy atom. The number of methoxy groups -OCH3 is 1. The van der Waals surface area contributed by atoms with Crippen molar-refractivity contribution in [1.82, 2.24) is 20.2 Å². The van der Waals surface area contributed by atoms with E-state index in [1.165, 1.54) is 24.0 Å². The molecule has 1 aromatic carbocycles. The van der Waals surface area contributed by atoms with Crippen LogP contribution in [0.5, 0.6) is 0 Å². The number of ether oxygens (including phenoxy) is 2. The van der Waals surface area contributed by atoms with Crippen LogP contribution in [0.25, 0.3) is 0 Å². The van der Waals surface area contributed by atoms with Crippen LogP contribution in [0.3, 0.4) is 0 Å². The SMILES string of the molecule is COCc1ccc(Cn2nnnc2N2CCOC3(CCCC3)C2)cc1. The Hall–Kier alpha value is -1.99. The molecule has 4 rings (SSSR count).